The molecule has 2 N–H and O–H groups in total. The van der Waals surface area contributed by atoms with Crippen LogP contribution in [0.15, 0.2) is 48.5 Å². The molecule has 3 rings (SSSR count). The second-order valence-corrected chi connectivity index (χ2v) is 6.95. The Kier molecular flexibility index (Phi) is 8.90. The maximum Gasteiger partial charge on any atom is 1.00 e. The average Bonchev–Trinajstić information content (AvgIpc) is 3.03. The van der Waals surface area contributed by atoms with Crippen molar-refractivity contribution in [3.63, 3.8) is 0 Å². The predicted molar refractivity (Wildman–Crippen MR) is 105 cm³/mol. The monoisotopic (exact) mass is 458 g/mol. The van der Waals surface area contributed by atoms with Gasteiger partial charge in [-0.05, 0) is 29.2 Å². The molecular weight excluding hydrogens is 439 g/mol. The minimum Gasteiger partial charge on any atom is -0.449 e. The first-order chi connectivity index (χ1) is 14.2. The molecule has 31 heavy (non-hydrogen) atoms. The molecule has 0 aliphatic heterocycles. The van der Waals surface area contributed by atoms with Crippen LogP contribution in [0, 0.1) is 0 Å². The van der Waals surface area contributed by atoms with Crippen molar-refractivity contribution in [2.45, 2.75) is 18.9 Å². The van der Waals surface area contributed by atoms with Crippen LogP contribution in [0.5, 0.6) is 0 Å². The van der Waals surface area contributed by atoms with Crippen LogP contribution < -0.4 is 62.0 Å². The van der Waals surface area contributed by atoms with Crippen LogP contribution >= 0.6 is 0 Å². The van der Waals surface area contributed by atoms with Crippen LogP contribution in [0.4, 0.5) is 17.7 Å². The second kappa shape index (κ2) is 10.8. The van der Waals surface area contributed by atoms with Gasteiger partial charge in [-0.15, -0.1) is 0 Å². The van der Waals surface area contributed by atoms with Gasteiger partial charge < -0.3 is 33.1 Å². The second-order valence-electron chi connectivity index (χ2n) is 6.95. The van der Waals surface area contributed by atoms with Crippen LogP contribution in [0.3, 0.4) is 0 Å². The molecule has 0 heterocycles. The summed E-state index contributed by atoms with van der Waals surface area (Å²) in [6.45, 7) is -5.34. The fourth-order valence-electron chi connectivity index (χ4n) is 3.45. The molecule has 0 spiro atoms. The van der Waals surface area contributed by atoms with Crippen molar-refractivity contribution in [3.8, 4) is 11.1 Å². The van der Waals surface area contributed by atoms with E-state index in [9.17, 15) is 27.3 Å². The summed E-state index contributed by atoms with van der Waals surface area (Å²) in [5, 5.41) is 4.08. The van der Waals surface area contributed by atoms with Crippen molar-refractivity contribution in [2.75, 3.05) is 13.2 Å². The molecule has 1 atom stereocenters. The quantitative estimate of drug-likeness (QED) is 0.572. The van der Waals surface area contributed by atoms with Gasteiger partial charge in [-0.25, -0.2) is 4.79 Å². The number of hydrogen-bond donors (Lipinski definition) is 2. The Morgan fingerprint density at radius 2 is 1.52 bits per heavy atom. The number of benzene rings is 2. The van der Waals surface area contributed by atoms with Gasteiger partial charge in [0.05, 0.1) is 11.7 Å². The summed E-state index contributed by atoms with van der Waals surface area (Å²) in [6.07, 6.45) is -0.883. The van der Waals surface area contributed by atoms with Gasteiger partial charge in [0.2, 0.25) is 5.91 Å². The SMILES string of the molecule is C[C@H](NC(=O)CNC(=O)OCC1c2ccccc2-c2ccccc21)C(=O)[B-](F)(F)F.[K+]. The number of halogens is 3. The summed E-state index contributed by atoms with van der Waals surface area (Å²) in [6, 6.07) is 13.8. The molecule has 1 aliphatic rings. The zero-order chi connectivity index (χ0) is 21.9. The molecule has 0 radical (unpaired) electrons. The van der Waals surface area contributed by atoms with Crippen molar-refractivity contribution < 1.29 is 83.5 Å². The van der Waals surface area contributed by atoms with Crippen LogP contribution in [-0.4, -0.2) is 43.9 Å². The van der Waals surface area contributed by atoms with Crippen molar-refractivity contribution in [1.82, 2.24) is 10.6 Å². The molecule has 1 aliphatic carbocycles. The van der Waals surface area contributed by atoms with E-state index in [1.165, 1.54) is 0 Å². The zero-order valence-corrected chi connectivity index (χ0v) is 20.2. The van der Waals surface area contributed by atoms with Gasteiger partial charge in [0.15, 0.2) is 0 Å². The number of alkyl carbamates (subject to hydrolysis) is 1. The molecule has 2 amide bonds. The number of carbonyl (C=O) groups is 3. The molecule has 11 heteroatoms. The molecule has 158 valence electrons. The van der Waals surface area contributed by atoms with Gasteiger partial charge in [0.25, 0.3) is 0 Å². The van der Waals surface area contributed by atoms with Gasteiger partial charge in [-0.3, -0.25) is 4.79 Å². The van der Waals surface area contributed by atoms with Gasteiger partial charge in [-0.1, -0.05) is 48.5 Å². The van der Waals surface area contributed by atoms with Crippen molar-refractivity contribution in [2.24, 2.45) is 0 Å². The molecule has 0 saturated carbocycles. The van der Waals surface area contributed by atoms with E-state index in [-0.39, 0.29) is 63.9 Å². The minimum absolute atomic E-state index is 0. The standard InChI is InChI=1S/C20H19BF3N2O4.K/c1-12(19(28)21(22,23)24)26-18(27)10-25-20(29)30-11-17-15-8-4-2-6-13(15)14-7-3-5-9-16(14)17;/h2-9,12,17H,10-11H2,1H3,(H,25,29)(H,26,27);/q-1;+1/t12-;/m0./s1. The Labute approximate surface area is 219 Å². The Balaban J connectivity index is 0.00000341. The smallest absolute Gasteiger partial charge is 0.449 e. The van der Waals surface area contributed by atoms with E-state index >= 15 is 0 Å². The van der Waals surface area contributed by atoms with E-state index in [2.05, 4.69) is 5.32 Å². The summed E-state index contributed by atoms with van der Waals surface area (Å²) in [7, 11) is 0. The summed E-state index contributed by atoms with van der Waals surface area (Å²) in [5.41, 5.74) is 2.15. The minimum atomic E-state index is -5.70. The summed E-state index contributed by atoms with van der Waals surface area (Å²) >= 11 is 0. The third-order valence-electron chi connectivity index (χ3n) is 4.86. The van der Waals surface area contributed by atoms with Gasteiger partial charge in [0, 0.05) is 5.92 Å². The average molecular weight is 458 g/mol. The molecule has 0 aromatic heterocycles. The third kappa shape index (κ3) is 6.19. The molecule has 2 aromatic rings. The number of amides is 2. The van der Waals surface area contributed by atoms with Gasteiger partial charge >= 0.3 is 64.5 Å². The van der Waals surface area contributed by atoms with Crippen LogP contribution in [0.25, 0.3) is 11.1 Å². The number of rotatable bonds is 7. The van der Waals surface area contributed by atoms with Crippen LogP contribution in [-0.2, 0) is 14.3 Å². The zero-order valence-electron chi connectivity index (χ0n) is 17.0. The Bertz CT molecular complexity index is 941. The first-order valence-corrected chi connectivity index (χ1v) is 9.30. The molecule has 0 bridgehead atoms. The Morgan fingerprint density at radius 1 is 1.00 bits per heavy atom. The molecule has 0 unspecified atom stereocenters. The fraction of sp³-hybridized carbons (Fsp3) is 0.250. The van der Waals surface area contributed by atoms with E-state index < -0.39 is 37.2 Å². The van der Waals surface area contributed by atoms with E-state index in [1.807, 2.05) is 53.8 Å². The Morgan fingerprint density at radius 3 is 2.03 bits per heavy atom. The van der Waals surface area contributed by atoms with Gasteiger partial charge in [-0.2, -0.15) is 0 Å². The normalized spacial score (nSPS) is 13.3. The summed E-state index contributed by atoms with van der Waals surface area (Å²) in [5.74, 6) is -1.09. The van der Waals surface area contributed by atoms with Crippen molar-refractivity contribution in [1.29, 1.82) is 0 Å². The van der Waals surface area contributed by atoms with E-state index in [0.717, 1.165) is 29.2 Å². The summed E-state index contributed by atoms with van der Waals surface area (Å²) < 4.78 is 42.4. The molecule has 6 nitrogen and oxygen atoms in total. The summed E-state index contributed by atoms with van der Waals surface area (Å²) in [4.78, 5) is 34.7. The number of carbonyl (C=O) groups excluding carboxylic acids is 3. The number of fused-ring (bicyclic) bond motifs is 3. The fourth-order valence-corrected chi connectivity index (χ4v) is 3.45. The van der Waals surface area contributed by atoms with Gasteiger partial charge in [0.1, 0.15) is 13.2 Å². The number of nitrogens with one attached hydrogen (secondary N) is 2. The molecular formula is C20H19BF3KN2O4. The first kappa shape index (κ1) is 25.6. The molecule has 2 aromatic carbocycles. The molecule has 0 fully saturated rings. The third-order valence-corrected chi connectivity index (χ3v) is 4.86. The topological polar surface area (TPSA) is 84.5 Å². The number of hydrogen-bond acceptors (Lipinski definition) is 4. The molecule has 0 saturated heterocycles. The van der Waals surface area contributed by atoms with E-state index in [4.69, 9.17) is 4.74 Å². The first-order valence-electron chi connectivity index (χ1n) is 9.30. The largest absolute Gasteiger partial charge is 1.00 e. The van der Waals surface area contributed by atoms with Crippen molar-refractivity contribution >= 4 is 24.7 Å². The maximum absolute atomic E-state index is 12.4. The van der Waals surface area contributed by atoms with E-state index in [0.29, 0.717) is 0 Å². The maximum atomic E-state index is 12.4. The predicted octanol–water partition coefficient (Wildman–Crippen LogP) is -0.0105. The number of ether oxygens (including phenoxy) is 1. The van der Waals surface area contributed by atoms with E-state index in [1.54, 1.807) is 0 Å². The van der Waals surface area contributed by atoms with Crippen molar-refractivity contribution in [3.05, 3.63) is 59.7 Å². The van der Waals surface area contributed by atoms with Crippen LogP contribution in [0.2, 0.25) is 0 Å². The van der Waals surface area contributed by atoms with Crippen LogP contribution in [0.1, 0.15) is 24.0 Å². The Hall–Kier alpha value is -1.66.